The summed E-state index contributed by atoms with van der Waals surface area (Å²) in [4.78, 5) is 0. The molecule has 1 fully saturated rings. The van der Waals surface area contributed by atoms with Crippen LogP contribution in [0.2, 0.25) is 0 Å². The molecule has 1 aliphatic rings. The molecule has 1 aliphatic carbocycles. The van der Waals surface area contributed by atoms with Gasteiger partial charge in [0, 0.05) is 34.0 Å². The fourth-order valence-electron chi connectivity index (χ4n) is 1.58. The van der Waals surface area contributed by atoms with E-state index in [0.29, 0.717) is 11.7 Å². The van der Waals surface area contributed by atoms with Crippen molar-refractivity contribution < 1.29 is 8.92 Å². The van der Waals surface area contributed by atoms with Gasteiger partial charge in [0.15, 0.2) is 0 Å². The largest absolute Gasteiger partial charge is 0.490 e. The Morgan fingerprint density at radius 2 is 2.19 bits per heavy atom. The van der Waals surface area contributed by atoms with Crippen molar-refractivity contribution in [1.29, 1.82) is 5.26 Å². The van der Waals surface area contributed by atoms with Crippen LogP contribution in [0.15, 0.2) is 24.3 Å². The molecular formula is C11H10INO2S. The van der Waals surface area contributed by atoms with Crippen LogP contribution in [0.5, 0.6) is 5.75 Å². The summed E-state index contributed by atoms with van der Waals surface area (Å²) in [5.41, 5.74) is 0.632. The lowest BCUT2D eigenvalue weighted by molar-refractivity contribution is 0.0169. The minimum absolute atomic E-state index is 0.225. The van der Waals surface area contributed by atoms with Crippen LogP contribution in [0.4, 0.5) is 0 Å². The lowest BCUT2D eigenvalue weighted by Crippen LogP contribution is -2.38. The molecule has 2 rings (SSSR count). The number of rotatable bonds is 4. The van der Waals surface area contributed by atoms with Crippen LogP contribution < -0.4 is 4.74 Å². The zero-order valence-corrected chi connectivity index (χ0v) is 11.4. The highest BCUT2D eigenvalue weighted by molar-refractivity contribution is 14.2. The van der Waals surface area contributed by atoms with E-state index in [1.54, 1.807) is 12.1 Å². The molecule has 16 heavy (non-hydrogen) atoms. The highest BCUT2D eigenvalue weighted by atomic mass is 127. The monoisotopic (exact) mass is 347 g/mol. The summed E-state index contributed by atoms with van der Waals surface area (Å²) in [6.45, 7) is 0. The van der Waals surface area contributed by atoms with Crippen LogP contribution in [0.3, 0.4) is 0 Å². The van der Waals surface area contributed by atoms with E-state index in [1.807, 2.05) is 12.1 Å². The van der Waals surface area contributed by atoms with Gasteiger partial charge < -0.3 is 8.92 Å². The van der Waals surface area contributed by atoms with Gasteiger partial charge in [0.25, 0.3) is 0 Å². The Morgan fingerprint density at radius 3 is 2.88 bits per heavy atom. The van der Waals surface area contributed by atoms with Gasteiger partial charge >= 0.3 is 0 Å². The summed E-state index contributed by atoms with van der Waals surface area (Å²) in [5, 5.41) is 8.75. The second kappa shape index (κ2) is 5.75. The van der Waals surface area contributed by atoms with Crippen LogP contribution in [0.25, 0.3) is 0 Å². The molecule has 1 saturated carbocycles. The fourth-order valence-corrected chi connectivity index (χ4v) is 2.72. The molecular weight excluding hydrogens is 337 g/mol. The van der Waals surface area contributed by atoms with Crippen LogP contribution >= 0.6 is 30.4 Å². The van der Waals surface area contributed by atoms with Crippen molar-refractivity contribution in [1.82, 2.24) is 0 Å². The predicted octanol–water partition coefficient (Wildman–Crippen LogP) is 3.48. The summed E-state index contributed by atoms with van der Waals surface area (Å²) in [5.74, 6) is 0.768. The van der Waals surface area contributed by atoms with Gasteiger partial charge in [-0.1, -0.05) is 6.07 Å². The summed E-state index contributed by atoms with van der Waals surface area (Å²) < 4.78 is 11.1. The normalized spacial score (nSPS) is 23.2. The Bertz CT molecular complexity index is 401. The molecule has 5 heteroatoms. The van der Waals surface area contributed by atoms with Crippen LogP contribution in [0.1, 0.15) is 18.4 Å². The zero-order chi connectivity index (χ0) is 11.4. The van der Waals surface area contributed by atoms with Gasteiger partial charge in [-0.15, -0.1) is 0 Å². The standard InChI is InChI=1S/C11H10INO2S/c12-16-15-11-5-10(6-11)14-9-3-1-2-8(4-9)7-13/h1-4,10-11H,5-6H2. The fraction of sp³-hybridized carbons (Fsp3) is 0.364. The molecule has 0 radical (unpaired) electrons. The molecule has 1 aromatic carbocycles. The van der Waals surface area contributed by atoms with Crippen LogP contribution in [-0.4, -0.2) is 12.2 Å². The molecule has 0 aliphatic heterocycles. The van der Waals surface area contributed by atoms with Crippen molar-refractivity contribution in [3.63, 3.8) is 0 Å². The predicted molar refractivity (Wildman–Crippen MR) is 71.3 cm³/mol. The first-order chi connectivity index (χ1) is 7.81. The summed E-state index contributed by atoms with van der Waals surface area (Å²) in [7, 11) is 1.37. The lowest BCUT2D eigenvalue weighted by Gasteiger charge is -2.33. The van der Waals surface area contributed by atoms with Crippen molar-refractivity contribution in [2.24, 2.45) is 0 Å². The second-order valence-electron chi connectivity index (χ2n) is 3.63. The van der Waals surface area contributed by atoms with E-state index in [-0.39, 0.29) is 6.10 Å². The Kier molecular flexibility index (Phi) is 4.32. The molecule has 0 heterocycles. The molecule has 84 valence electrons. The Labute approximate surface area is 111 Å². The third kappa shape index (κ3) is 3.03. The average molecular weight is 347 g/mol. The number of ether oxygens (including phenoxy) is 1. The maximum atomic E-state index is 8.75. The van der Waals surface area contributed by atoms with E-state index in [1.165, 1.54) is 9.21 Å². The van der Waals surface area contributed by atoms with Gasteiger partial charge in [-0.2, -0.15) is 5.26 Å². The molecule has 0 unspecified atom stereocenters. The van der Waals surface area contributed by atoms with Crippen molar-refractivity contribution in [2.75, 3.05) is 0 Å². The van der Waals surface area contributed by atoms with Gasteiger partial charge in [-0.25, -0.2) is 0 Å². The minimum atomic E-state index is 0.225. The lowest BCUT2D eigenvalue weighted by atomic mass is 9.92. The number of benzene rings is 1. The molecule has 0 aromatic heterocycles. The summed E-state index contributed by atoms with van der Waals surface area (Å²) in [6, 6.07) is 9.34. The topological polar surface area (TPSA) is 42.2 Å². The van der Waals surface area contributed by atoms with E-state index in [4.69, 9.17) is 14.2 Å². The zero-order valence-electron chi connectivity index (χ0n) is 8.43. The van der Waals surface area contributed by atoms with Crippen LogP contribution in [-0.2, 0) is 4.18 Å². The minimum Gasteiger partial charge on any atom is -0.490 e. The third-order valence-corrected chi connectivity index (χ3v) is 3.46. The first kappa shape index (κ1) is 12.0. The third-order valence-electron chi connectivity index (χ3n) is 2.49. The van der Waals surface area contributed by atoms with E-state index in [9.17, 15) is 0 Å². The number of hydrogen-bond acceptors (Lipinski definition) is 4. The highest BCUT2D eigenvalue weighted by Gasteiger charge is 2.32. The molecule has 0 amide bonds. The summed E-state index contributed by atoms with van der Waals surface area (Å²) >= 11 is 2.12. The molecule has 3 nitrogen and oxygen atoms in total. The average Bonchev–Trinajstić information content (AvgIpc) is 2.27. The summed E-state index contributed by atoms with van der Waals surface area (Å²) in [6.07, 6.45) is 2.38. The van der Waals surface area contributed by atoms with Crippen LogP contribution in [0, 0.1) is 11.3 Å². The van der Waals surface area contributed by atoms with Crippen molar-refractivity contribution in [3.8, 4) is 11.8 Å². The van der Waals surface area contributed by atoms with Crippen molar-refractivity contribution in [2.45, 2.75) is 25.0 Å². The quantitative estimate of drug-likeness (QED) is 0.618. The van der Waals surface area contributed by atoms with E-state index >= 15 is 0 Å². The maximum absolute atomic E-state index is 8.75. The number of halogens is 1. The molecule has 0 bridgehead atoms. The van der Waals surface area contributed by atoms with Gasteiger partial charge in [-0.05, 0) is 18.2 Å². The maximum Gasteiger partial charge on any atom is 0.121 e. The molecule has 1 aromatic rings. The Balaban J connectivity index is 1.85. The smallest absolute Gasteiger partial charge is 0.121 e. The van der Waals surface area contributed by atoms with Crippen molar-refractivity contribution in [3.05, 3.63) is 29.8 Å². The molecule has 0 spiro atoms. The van der Waals surface area contributed by atoms with E-state index < -0.39 is 0 Å². The highest BCUT2D eigenvalue weighted by Crippen LogP contribution is 2.32. The number of hydrogen-bond donors (Lipinski definition) is 0. The van der Waals surface area contributed by atoms with Gasteiger partial charge in [-0.3, -0.25) is 0 Å². The second-order valence-corrected chi connectivity index (χ2v) is 5.03. The van der Waals surface area contributed by atoms with Gasteiger partial charge in [0.05, 0.1) is 27.0 Å². The SMILES string of the molecule is N#Cc1cccc(OC2CC(OSI)C2)c1. The van der Waals surface area contributed by atoms with E-state index in [2.05, 4.69) is 27.3 Å². The molecule has 0 saturated heterocycles. The van der Waals surface area contributed by atoms with Gasteiger partial charge in [0.2, 0.25) is 0 Å². The Morgan fingerprint density at radius 1 is 1.38 bits per heavy atom. The Hall–Kier alpha value is -0.450. The van der Waals surface area contributed by atoms with Gasteiger partial charge in [0.1, 0.15) is 11.9 Å². The van der Waals surface area contributed by atoms with Crippen molar-refractivity contribution >= 4 is 30.4 Å². The molecule has 0 N–H and O–H groups in total. The van der Waals surface area contributed by atoms with E-state index in [0.717, 1.165) is 18.6 Å². The number of nitrogens with zero attached hydrogens (tertiary/aromatic N) is 1. The number of nitriles is 1. The first-order valence-corrected chi connectivity index (χ1v) is 8.21. The first-order valence-electron chi connectivity index (χ1n) is 4.92. The molecule has 0 atom stereocenters.